The third-order valence-corrected chi connectivity index (χ3v) is 6.28. The van der Waals surface area contributed by atoms with E-state index in [2.05, 4.69) is 6.92 Å². The molecule has 2 heteroatoms. The third kappa shape index (κ3) is 8.03. The molecule has 0 N–H and O–H groups in total. The summed E-state index contributed by atoms with van der Waals surface area (Å²) in [4.78, 5) is 11.9. The minimum Gasteiger partial charge on any atom is -0.462 e. The lowest BCUT2D eigenvalue weighted by Crippen LogP contribution is -2.20. The molecule has 0 bridgehead atoms. The van der Waals surface area contributed by atoms with E-state index in [0.29, 0.717) is 6.42 Å². The van der Waals surface area contributed by atoms with Crippen molar-refractivity contribution >= 4 is 5.97 Å². The van der Waals surface area contributed by atoms with E-state index in [1.807, 2.05) is 0 Å². The molecule has 140 valence electrons. The van der Waals surface area contributed by atoms with Crippen molar-refractivity contribution in [2.45, 2.75) is 122 Å². The van der Waals surface area contributed by atoms with E-state index < -0.39 is 0 Å². The van der Waals surface area contributed by atoms with Crippen molar-refractivity contribution < 1.29 is 9.53 Å². The van der Waals surface area contributed by atoms with Crippen LogP contribution in [0.4, 0.5) is 0 Å². The van der Waals surface area contributed by atoms with Crippen molar-refractivity contribution in [1.29, 1.82) is 0 Å². The summed E-state index contributed by atoms with van der Waals surface area (Å²) in [5.41, 5.74) is 0. The maximum Gasteiger partial charge on any atom is 0.306 e. The zero-order valence-corrected chi connectivity index (χ0v) is 16.1. The van der Waals surface area contributed by atoms with Gasteiger partial charge in [-0.25, -0.2) is 0 Å². The summed E-state index contributed by atoms with van der Waals surface area (Å²) in [5.74, 6) is 2.05. The Kier molecular flexibility index (Phi) is 9.83. The van der Waals surface area contributed by atoms with Gasteiger partial charge in [0.15, 0.2) is 0 Å². The van der Waals surface area contributed by atoms with Crippen LogP contribution in [0.3, 0.4) is 0 Å². The van der Waals surface area contributed by atoms with Crippen LogP contribution in [0.25, 0.3) is 0 Å². The van der Waals surface area contributed by atoms with Crippen LogP contribution >= 0.6 is 0 Å². The van der Waals surface area contributed by atoms with Crippen LogP contribution in [0.2, 0.25) is 0 Å². The predicted molar refractivity (Wildman–Crippen MR) is 101 cm³/mol. The quantitative estimate of drug-likeness (QED) is 0.323. The summed E-state index contributed by atoms with van der Waals surface area (Å²) >= 11 is 0. The van der Waals surface area contributed by atoms with E-state index in [-0.39, 0.29) is 12.1 Å². The van der Waals surface area contributed by atoms with Crippen LogP contribution in [-0.2, 0) is 9.53 Å². The number of carbonyl (C=O) groups is 1. The zero-order valence-electron chi connectivity index (χ0n) is 16.1. The van der Waals surface area contributed by atoms with E-state index in [4.69, 9.17) is 4.74 Å². The van der Waals surface area contributed by atoms with Gasteiger partial charge in [-0.05, 0) is 43.9 Å². The molecule has 2 saturated carbocycles. The van der Waals surface area contributed by atoms with Gasteiger partial charge in [-0.2, -0.15) is 0 Å². The van der Waals surface area contributed by atoms with Crippen molar-refractivity contribution in [3.63, 3.8) is 0 Å². The van der Waals surface area contributed by atoms with Gasteiger partial charge >= 0.3 is 5.97 Å². The van der Waals surface area contributed by atoms with Crippen LogP contribution in [0, 0.1) is 11.8 Å². The van der Waals surface area contributed by atoms with Gasteiger partial charge in [0.1, 0.15) is 6.10 Å². The molecular weight excluding hydrogens is 296 g/mol. The molecule has 0 radical (unpaired) electrons. The largest absolute Gasteiger partial charge is 0.462 e. The second-order valence-corrected chi connectivity index (χ2v) is 8.38. The first-order valence-electron chi connectivity index (χ1n) is 11.0. The third-order valence-electron chi connectivity index (χ3n) is 6.28. The number of ether oxygens (including phenoxy) is 1. The maximum atomic E-state index is 11.9. The molecule has 0 aromatic carbocycles. The first-order chi connectivity index (χ1) is 11.8. The van der Waals surface area contributed by atoms with Gasteiger partial charge in [0, 0.05) is 6.42 Å². The highest BCUT2D eigenvalue weighted by Crippen LogP contribution is 2.34. The van der Waals surface area contributed by atoms with E-state index >= 15 is 0 Å². The minimum absolute atomic E-state index is 0.0540. The number of unbranched alkanes of at least 4 members (excludes halogenated alkanes) is 3. The van der Waals surface area contributed by atoms with Gasteiger partial charge in [-0.3, -0.25) is 4.79 Å². The van der Waals surface area contributed by atoms with E-state index in [1.54, 1.807) is 0 Å². The fraction of sp³-hybridized carbons (Fsp3) is 0.955. The van der Waals surface area contributed by atoms with Crippen molar-refractivity contribution in [1.82, 2.24) is 0 Å². The average Bonchev–Trinajstić information content (AvgIpc) is 2.61. The van der Waals surface area contributed by atoms with E-state index in [0.717, 1.165) is 31.1 Å². The fourth-order valence-electron chi connectivity index (χ4n) is 4.61. The lowest BCUT2D eigenvalue weighted by molar-refractivity contribution is -0.150. The van der Waals surface area contributed by atoms with Crippen molar-refractivity contribution in [3.05, 3.63) is 0 Å². The van der Waals surface area contributed by atoms with Crippen molar-refractivity contribution in [3.8, 4) is 0 Å². The smallest absolute Gasteiger partial charge is 0.306 e. The summed E-state index contributed by atoms with van der Waals surface area (Å²) in [6.07, 6.45) is 21.8. The molecule has 24 heavy (non-hydrogen) atoms. The molecule has 2 rings (SSSR count). The average molecular weight is 337 g/mol. The van der Waals surface area contributed by atoms with E-state index in [9.17, 15) is 4.79 Å². The highest BCUT2D eigenvalue weighted by atomic mass is 16.5. The van der Waals surface area contributed by atoms with Crippen LogP contribution in [0.15, 0.2) is 0 Å². The number of hydrogen-bond acceptors (Lipinski definition) is 2. The second-order valence-electron chi connectivity index (χ2n) is 8.38. The molecular formula is C22H40O2. The van der Waals surface area contributed by atoms with Crippen LogP contribution in [0.5, 0.6) is 0 Å². The van der Waals surface area contributed by atoms with Crippen molar-refractivity contribution in [2.24, 2.45) is 11.8 Å². The second kappa shape index (κ2) is 11.9. The number of esters is 1. The molecule has 0 saturated heterocycles. The summed E-state index contributed by atoms with van der Waals surface area (Å²) in [6, 6.07) is 0. The van der Waals surface area contributed by atoms with Gasteiger partial charge in [0.05, 0.1) is 0 Å². The van der Waals surface area contributed by atoms with Gasteiger partial charge in [0.25, 0.3) is 0 Å². The summed E-state index contributed by atoms with van der Waals surface area (Å²) in [5, 5.41) is 0. The Bertz CT molecular complexity index is 325. The Labute approximate surface area is 150 Å². The molecule has 0 aromatic heterocycles. The molecule has 0 aliphatic heterocycles. The Hall–Kier alpha value is -0.530. The Morgan fingerprint density at radius 2 is 1.42 bits per heavy atom. The summed E-state index contributed by atoms with van der Waals surface area (Å²) in [6.45, 7) is 2.30. The Balaban J connectivity index is 1.43. The van der Waals surface area contributed by atoms with Gasteiger partial charge in [-0.1, -0.05) is 77.6 Å². The molecule has 2 aliphatic carbocycles. The SMILES string of the molecule is CCCC[C@H]1CC[C@H](CCCCCC(=O)OC2CCCCC2)CC1. The van der Waals surface area contributed by atoms with Crippen LogP contribution in [0.1, 0.15) is 116 Å². The highest BCUT2D eigenvalue weighted by Gasteiger charge is 2.20. The maximum absolute atomic E-state index is 11.9. The van der Waals surface area contributed by atoms with Crippen LogP contribution < -0.4 is 0 Å². The topological polar surface area (TPSA) is 26.3 Å². The Morgan fingerprint density at radius 1 is 0.792 bits per heavy atom. The first-order valence-corrected chi connectivity index (χ1v) is 11.0. The molecule has 0 unspecified atom stereocenters. The van der Waals surface area contributed by atoms with Gasteiger partial charge < -0.3 is 4.74 Å². The zero-order chi connectivity index (χ0) is 17.0. The predicted octanol–water partition coefficient (Wildman–Crippen LogP) is 6.81. The minimum atomic E-state index is 0.0540. The fourth-order valence-corrected chi connectivity index (χ4v) is 4.61. The number of rotatable bonds is 10. The normalized spacial score (nSPS) is 25.5. The Morgan fingerprint density at radius 3 is 2.04 bits per heavy atom. The molecule has 0 aromatic rings. The standard InChI is InChI=1S/C22H40O2/c1-2-3-10-19-15-17-20(18-16-19)11-6-4-9-14-22(23)24-21-12-7-5-8-13-21/h19-21H,2-18H2,1H3/t19-,20-. The lowest BCUT2D eigenvalue weighted by Gasteiger charge is -2.28. The molecule has 2 aliphatic rings. The molecule has 2 fully saturated rings. The van der Waals surface area contributed by atoms with Crippen molar-refractivity contribution in [2.75, 3.05) is 0 Å². The lowest BCUT2D eigenvalue weighted by atomic mass is 9.78. The monoisotopic (exact) mass is 336 g/mol. The number of carbonyl (C=O) groups excluding carboxylic acids is 1. The molecule has 0 atom stereocenters. The highest BCUT2D eigenvalue weighted by molar-refractivity contribution is 5.69. The molecule has 2 nitrogen and oxygen atoms in total. The molecule has 0 spiro atoms. The van der Waals surface area contributed by atoms with Crippen LogP contribution in [-0.4, -0.2) is 12.1 Å². The first kappa shape index (κ1) is 19.8. The molecule has 0 heterocycles. The van der Waals surface area contributed by atoms with Gasteiger partial charge in [-0.15, -0.1) is 0 Å². The summed E-state index contributed by atoms with van der Waals surface area (Å²) < 4.78 is 5.59. The number of hydrogen-bond donors (Lipinski definition) is 0. The molecule has 0 amide bonds. The summed E-state index contributed by atoms with van der Waals surface area (Å²) in [7, 11) is 0. The van der Waals surface area contributed by atoms with E-state index in [1.165, 1.54) is 83.5 Å². The van der Waals surface area contributed by atoms with Gasteiger partial charge in [0.2, 0.25) is 0 Å².